The van der Waals surface area contributed by atoms with Crippen LogP contribution >= 0.6 is 28.1 Å². The minimum absolute atomic E-state index is 0.373. The maximum Gasteiger partial charge on any atom is 0.141 e. The summed E-state index contributed by atoms with van der Waals surface area (Å²) < 4.78 is 6.62. The van der Waals surface area contributed by atoms with Gasteiger partial charge in [-0.15, -0.1) is 0 Å². The van der Waals surface area contributed by atoms with Gasteiger partial charge >= 0.3 is 0 Å². The second-order valence-electron chi connectivity index (χ2n) is 3.93. The highest BCUT2D eigenvalue weighted by atomic mass is 79.9. The van der Waals surface area contributed by atoms with Crippen LogP contribution in [-0.2, 0) is 0 Å². The molecule has 2 aromatic rings. The first kappa shape index (κ1) is 13.1. The third-order valence-electron chi connectivity index (χ3n) is 2.43. The number of hydrogen-bond acceptors (Lipinski definition) is 2. The Balaban J connectivity index is 2.27. The maximum absolute atomic E-state index is 5.79. The number of ether oxygens (including phenoxy) is 1. The minimum Gasteiger partial charge on any atom is -0.456 e. The molecule has 0 saturated carbocycles. The number of rotatable bonds is 3. The van der Waals surface area contributed by atoms with Gasteiger partial charge in [0, 0.05) is 5.56 Å². The molecule has 4 heteroatoms. The lowest BCUT2D eigenvalue weighted by Crippen LogP contribution is -2.08. The van der Waals surface area contributed by atoms with E-state index in [0.29, 0.717) is 4.99 Å². The van der Waals surface area contributed by atoms with Crippen molar-refractivity contribution in [2.45, 2.75) is 6.92 Å². The summed E-state index contributed by atoms with van der Waals surface area (Å²) in [4.78, 5) is 0.373. The van der Waals surface area contributed by atoms with Crippen LogP contribution in [0.1, 0.15) is 11.1 Å². The van der Waals surface area contributed by atoms with Gasteiger partial charge in [-0.25, -0.2) is 0 Å². The van der Waals surface area contributed by atoms with E-state index in [1.54, 1.807) is 0 Å². The lowest BCUT2D eigenvalue weighted by atomic mass is 10.2. The van der Waals surface area contributed by atoms with E-state index >= 15 is 0 Å². The summed E-state index contributed by atoms with van der Waals surface area (Å²) in [7, 11) is 0. The molecule has 0 aliphatic carbocycles. The molecule has 0 aliphatic heterocycles. The van der Waals surface area contributed by atoms with Crippen LogP contribution in [0.5, 0.6) is 11.5 Å². The molecular weight excluding hydrogens is 310 g/mol. The zero-order valence-corrected chi connectivity index (χ0v) is 12.2. The summed E-state index contributed by atoms with van der Waals surface area (Å²) >= 11 is 8.38. The maximum atomic E-state index is 5.79. The fourth-order valence-electron chi connectivity index (χ4n) is 1.54. The number of nitrogens with two attached hydrogens (primary N) is 1. The van der Waals surface area contributed by atoms with Crippen molar-refractivity contribution < 1.29 is 4.74 Å². The first-order chi connectivity index (χ1) is 8.56. The van der Waals surface area contributed by atoms with Crippen LogP contribution in [0.25, 0.3) is 0 Å². The smallest absolute Gasteiger partial charge is 0.141 e. The Morgan fingerprint density at radius 2 is 2.00 bits per heavy atom. The highest BCUT2D eigenvalue weighted by Crippen LogP contribution is 2.30. The molecule has 0 unspecified atom stereocenters. The standard InChI is InChI=1S/C14H12BrNOS/c1-9-3-2-4-11(7-9)17-13-6-5-10(14(16)18)8-12(13)15/h2-8H,1H3,(H2,16,18). The molecule has 2 aromatic carbocycles. The van der Waals surface area contributed by atoms with Crippen LogP contribution in [0, 0.1) is 6.92 Å². The molecule has 0 bridgehead atoms. The normalized spacial score (nSPS) is 10.1. The molecular formula is C14H12BrNOS. The van der Waals surface area contributed by atoms with Crippen molar-refractivity contribution in [2.24, 2.45) is 5.73 Å². The number of halogens is 1. The van der Waals surface area contributed by atoms with Gasteiger partial charge in [0.1, 0.15) is 16.5 Å². The lowest BCUT2D eigenvalue weighted by molar-refractivity contribution is 0.479. The van der Waals surface area contributed by atoms with E-state index in [4.69, 9.17) is 22.7 Å². The first-order valence-electron chi connectivity index (χ1n) is 5.40. The number of hydrogen-bond donors (Lipinski definition) is 1. The first-order valence-corrected chi connectivity index (χ1v) is 6.60. The lowest BCUT2D eigenvalue weighted by Gasteiger charge is -2.09. The fraction of sp³-hybridized carbons (Fsp3) is 0.0714. The van der Waals surface area contributed by atoms with Gasteiger partial charge in [-0.2, -0.15) is 0 Å². The Morgan fingerprint density at radius 1 is 1.22 bits per heavy atom. The van der Waals surface area contributed by atoms with Crippen molar-refractivity contribution in [1.82, 2.24) is 0 Å². The summed E-state index contributed by atoms with van der Waals surface area (Å²) in [5.74, 6) is 1.54. The molecule has 18 heavy (non-hydrogen) atoms. The van der Waals surface area contributed by atoms with Crippen molar-refractivity contribution >= 4 is 33.1 Å². The molecule has 0 radical (unpaired) electrons. The van der Waals surface area contributed by atoms with Crippen molar-refractivity contribution in [3.8, 4) is 11.5 Å². The van der Waals surface area contributed by atoms with Crippen LogP contribution in [0.4, 0.5) is 0 Å². The molecule has 2 nitrogen and oxygen atoms in total. The van der Waals surface area contributed by atoms with Gasteiger partial charge < -0.3 is 10.5 Å². The highest BCUT2D eigenvalue weighted by molar-refractivity contribution is 9.10. The largest absolute Gasteiger partial charge is 0.456 e. The van der Waals surface area contributed by atoms with Gasteiger partial charge in [0.25, 0.3) is 0 Å². The SMILES string of the molecule is Cc1cccc(Oc2ccc(C(N)=S)cc2Br)c1. The van der Waals surface area contributed by atoms with Gasteiger partial charge in [0.2, 0.25) is 0 Å². The molecule has 0 aliphatic rings. The Morgan fingerprint density at radius 3 is 2.61 bits per heavy atom. The summed E-state index contributed by atoms with van der Waals surface area (Å²) in [6, 6.07) is 13.4. The third-order valence-corrected chi connectivity index (χ3v) is 3.29. The summed E-state index contributed by atoms with van der Waals surface area (Å²) in [6.07, 6.45) is 0. The quantitative estimate of drug-likeness (QED) is 0.861. The second kappa shape index (κ2) is 5.50. The van der Waals surface area contributed by atoms with E-state index < -0.39 is 0 Å². The van der Waals surface area contributed by atoms with Crippen LogP contribution in [0.2, 0.25) is 0 Å². The van der Waals surface area contributed by atoms with Gasteiger partial charge in [-0.1, -0.05) is 24.4 Å². The van der Waals surface area contributed by atoms with Crippen LogP contribution < -0.4 is 10.5 Å². The molecule has 92 valence electrons. The molecule has 0 aromatic heterocycles. The average molecular weight is 322 g/mol. The Kier molecular flexibility index (Phi) is 3.99. The van der Waals surface area contributed by atoms with Gasteiger partial charge in [0.05, 0.1) is 4.47 Å². The van der Waals surface area contributed by atoms with Crippen LogP contribution in [0.3, 0.4) is 0 Å². The topological polar surface area (TPSA) is 35.2 Å². The van der Waals surface area contributed by atoms with Gasteiger partial charge in [-0.05, 0) is 58.7 Å². The molecule has 0 heterocycles. The van der Waals surface area contributed by atoms with Gasteiger partial charge in [0.15, 0.2) is 0 Å². The Hall–Kier alpha value is -1.39. The third kappa shape index (κ3) is 3.09. The molecule has 0 saturated heterocycles. The van der Waals surface area contributed by atoms with Crippen molar-refractivity contribution in [3.63, 3.8) is 0 Å². The second-order valence-corrected chi connectivity index (χ2v) is 5.22. The van der Waals surface area contributed by atoms with E-state index in [1.807, 2.05) is 49.4 Å². The van der Waals surface area contributed by atoms with E-state index in [0.717, 1.165) is 27.1 Å². The predicted octanol–water partition coefficient (Wildman–Crippen LogP) is 4.18. The average Bonchev–Trinajstić information content (AvgIpc) is 2.31. The van der Waals surface area contributed by atoms with Crippen molar-refractivity contribution in [3.05, 3.63) is 58.1 Å². The Labute approximate surface area is 120 Å². The molecule has 0 atom stereocenters. The molecule has 2 N–H and O–H groups in total. The van der Waals surface area contributed by atoms with E-state index in [9.17, 15) is 0 Å². The predicted molar refractivity (Wildman–Crippen MR) is 81.3 cm³/mol. The van der Waals surface area contributed by atoms with E-state index in [2.05, 4.69) is 15.9 Å². The molecule has 0 fully saturated rings. The van der Waals surface area contributed by atoms with Crippen molar-refractivity contribution in [2.75, 3.05) is 0 Å². The molecule has 0 spiro atoms. The number of benzene rings is 2. The fourth-order valence-corrected chi connectivity index (χ4v) is 2.13. The van der Waals surface area contributed by atoms with Crippen molar-refractivity contribution in [1.29, 1.82) is 0 Å². The summed E-state index contributed by atoms with van der Waals surface area (Å²) in [5.41, 5.74) is 7.54. The van der Waals surface area contributed by atoms with Crippen LogP contribution in [-0.4, -0.2) is 4.99 Å². The summed E-state index contributed by atoms with van der Waals surface area (Å²) in [6.45, 7) is 2.03. The summed E-state index contributed by atoms with van der Waals surface area (Å²) in [5, 5.41) is 0. The molecule has 2 rings (SSSR count). The zero-order valence-electron chi connectivity index (χ0n) is 9.81. The molecule has 0 amide bonds. The van der Waals surface area contributed by atoms with E-state index in [1.165, 1.54) is 0 Å². The van der Waals surface area contributed by atoms with Gasteiger partial charge in [-0.3, -0.25) is 0 Å². The monoisotopic (exact) mass is 321 g/mol. The Bertz CT molecular complexity index is 598. The minimum atomic E-state index is 0.373. The van der Waals surface area contributed by atoms with Crippen LogP contribution in [0.15, 0.2) is 46.9 Å². The van der Waals surface area contributed by atoms with E-state index in [-0.39, 0.29) is 0 Å². The number of thiocarbonyl (C=S) groups is 1. The zero-order chi connectivity index (χ0) is 13.1. The highest BCUT2D eigenvalue weighted by Gasteiger charge is 2.05. The number of aryl methyl sites for hydroxylation is 1.